The number of amides is 2. The highest BCUT2D eigenvalue weighted by Crippen LogP contribution is 2.34. The van der Waals surface area contributed by atoms with E-state index in [1.54, 1.807) is 36.5 Å². The van der Waals surface area contributed by atoms with E-state index >= 15 is 0 Å². The lowest BCUT2D eigenvalue weighted by atomic mass is 10.1. The molecule has 0 bridgehead atoms. The van der Waals surface area contributed by atoms with Crippen molar-refractivity contribution in [3.63, 3.8) is 0 Å². The average molecular weight is 426 g/mol. The van der Waals surface area contributed by atoms with E-state index in [9.17, 15) is 19.7 Å². The molecule has 8 nitrogen and oxygen atoms in total. The van der Waals surface area contributed by atoms with E-state index in [1.165, 1.54) is 23.1 Å². The number of rotatable bonds is 6. The number of benzene rings is 1. The number of carbonyl (C=O) groups is 2. The van der Waals surface area contributed by atoms with Crippen LogP contribution in [0.3, 0.4) is 0 Å². The Morgan fingerprint density at radius 2 is 2.10 bits per heavy atom. The van der Waals surface area contributed by atoms with Gasteiger partial charge in [0.05, 0.1) is 9.82 Å². The second kappa shape index (κ2) is 8.76. The van der Waals surface area contributed by atoms with Crippen LogP contribution in [0.15, 0.2) is 70.7 Å². The number of hydrogen-bond donors (Lipinski definition) is 1. The van der Waals surface area contributed by atoms with Crippen LogP contribution in [0.5, 0.6) is 0 Å². The Balaban J connectivity index is 1.96. The van der Waals surface area contributed by atoms with E-state index in [1.807, 2.05) is 0 Å². The van der Waals surface area contributed by atoms with Gasteiger partial charge in [0.15, 0.2) is 5.11 Å². The molecule has 0 unspecified atom stereocenters. The molecule has 29 heavy (non-hydrogen) atoms. The van der Waals surface area contributed by atoms with Gasteiger partial charge in [0.2, 0.25) is 0 Å². The van der Waals surface area contributed by atoms with Crippen molar-refractivity contribution in [2.24, 2.45) is 0 Å². The molecule has 1 aromatic carbocycles. The van der Waals surface area contributed by atoms with Crippen LogP contribution in [0.25, 0.3) is 6.08 Å². The molecule has 1 aliphatic heterocycles. The first kappa shape index (κ1) is 20.4. The Morgan fingerprint density at radius 1 is 1.31 bits per heavy atom. The third kappa shape index (κ3) is 4.55. The Bertz CT molecular complexity index is 1050. The van der Waals surface area contributed by atoms with Gasteiger partial charge < -0.3 is 0 Å². The molecule has 10 heteroatoms. The van der Waals surface area contributed by atoms with Gasteiger partial charge in [0, 0.05) is 18.8 Å². The first-order valence-corrected chi connectivity index (χ1v) is 9.50. The second-order valence-corrected chi connectivity index (χ2v) is 7.22. The number of nitrogens with zero attached hydrogens (tertiary/aromatic N) is 3. The Hall–Kier alpha value is -3.37. The highest BCUT2D eigenvalue weighted by atomic mass is 32.2. The fourth-order valence-electron chi connectivity index (χ4n) is 2.53. The van der Waals surface area contributed by atoms with Gasteiger partial charge in [-0.25, -0.2) is 4.98 Å². The van der Waals surface area contributed by atoms with Crippen LogP contribution < -0.4 is 5.32 Å². The normalized spacial score (nSPS) is 15.4. The number of thiocarbonyl (C=S) groups is 1. The van der Waals surface area contributed by atoms with Gasteiger partial charge in [0.1, 0.15) is 10.6 Å². The second-order valence-electron chi connectivity index (χ2n) is 5.78. The van der Waals surface area contributed by atoms with Crippen molar-refractivity contribution in [2.45, 2.75) is 9.92 Å². The van der Waals surface area contributed by atoms with Gasteiger partial charge in [0.25, 0.3) is 17.5 Å². The summed E-state index contributed by atoms with van der Waals surface area (Å²) in [5.41, 5.74) is 0.0176. The van der Waals surface area contributed by atoms with Crippen molar-refractivity contribution in [1.29, 1.82) is 0 Å². The number of nitro groups is 1. The van der Waals surface area contributed by atoms with Gasteiger partial charge in [-0.15, -0.1) is 6.58 Å². The number of nitro benzene ring substituents is 1. The zero-order valence-electron chi connectivity index (χ0n) is 14.9. The van der Waals surface area contributed by atoms with Crippen LogP contribution in [-0.4, -0.2) is 38.3 Å². The highest BCUT2D eigenvalue weighted by molar-refractivity contribution is 7.99. The Morgan fingerprint density at radius 3 is 2.76 bits per heavy atom. The first-order valence-electron chi connectivity index (χ1n) is 8.28. The fourth-order valence-corrected chi connectivity index (χ4v) is 3.64. The van der Waals surface area contributed by atoms with Crippen molar-refractivity contribution in [1.82, 2.24) is 15.2 Å². The molecule has 0 aliphatic carbocycles. The van der Waals surface area contributed by atoms with Crippen molar-refractivity contribution in [3.8, 4) is 0 Å². The summed E-state index contributed by atoms with van der Waals surface area (Å²) in [4.78, 5) is 41.5. The molecule has 2 aromatic rings. The zero-order valence-corrected chi connectivity index (χ0v) is 16.5. The van der Waals surface area contributed by atoms with Crippen molar-refractivity contribution >= 4 is 52.7 Å². The monoisotopic (exact) mass is 426 g/mol. The quantitative estimate of drug-likeness (QED) is 0.189. The summed E-state index contributed by atoms with van der Waals surface area (Å²) in [6, 6.07) is 9.74. The van der Waals surface area contributed by atoms with Crippen LogP contribution in [-0.2, 0) is 9.59 Å². The Kier molecular flexibility index (Phi) is 6.15. The molecule has 0 radical (unpaired) electrons. The highest BCUT2D eigenvalue weighted by Gasteiger charge is 2.32. The van der Waals surface area contributed by atoms with Crippen LogP contribution in [0, 0.1) is 10.1 Å². The van der Waals surface area contributed by atoms with E-state index in [2.05, 4.69) is 16.9 Å². The zero-order chi connectivity index (χ0) is 21.0. The minimum Gasteiger partial charge on any atom is -0.298 e. The number of nitrogens with one attached hydrogen (secondary N) is 1. The molecule has 2 heterocycles. The molecule has 2 amide bonds. The minimum absolute atomic E-state index is 0.00913. The largest absolute Gasteiger partial charge is 0.298 e. The predicted octanol–water partition coefficient (Wildman–Crippen LogP) is 2.95. The lowest BCUT2D eigenvalue weighted by Crippen LogP contribution is -2.53. The molecule has 1 fully saturated rings. The molecular weight excluding hydrogens is 412 g/mol. The van der Waals surface area contributed by atoms with E-state index in [0.717, 1.165) is 11.8 Å². The van der Waals surface area contributed by atoms with Crippen LogP contribution in [0.4, 0.5) is 5.69 Å². The molecule has 1 saturated heterocycles. The number of pyridine rings is 1. The number of hydrogen-bond acceptors (Lipinski definition) is 7. The molecule has 0 atom stereocenters. The summed E-state index contributed by atoms with van der Waals surface area (Å²) in [6.07, 6.45) is 4.38. The van der Waals surface area contributed by atoms with Gasteiger partial charge in [-0.1, -0.05) is 30.0 Å². The molecule has 1 aliphatic rings. The van der Waals surface area contributed by atoms with E-state index in [0.29, 0.717) is 15.5 Å². The molecule has 0 spiro atoms. The smallest absolute Gasteiger partial charge is 0.283 e. The van der Waals surface area contributed by atoms with Crippen molar-refractivity contribution in [2.75, 3.05) is 6.54 Å². The maximum atomic E-state index is 12.6. The van der Waals surface area contributed by atoms with Gasteiger partial charge in [-0.3, -0.25) is 29.9 Å². The SMILES string of the molecule is C=CCN1C(=O)C(=Cc2ccc(Sc3ccccn3)c([N+](=O)[O-])c2)C(=O)NC1=S. The van der Waals surface area contributed by atoms with Crippen LogP contribution in [0.1, 0.15) is 5.56 Å². The van der Waals surface area contributed by atoms with E-state index < -0.39 is 16.7 Å². The number of carbonyl (C=O) groups excluding carboxylic acids is 2. The van der Waals surface area contributed by atoms with E-state index in [4.69, 9.17) is 12.2 Å². The molecule has 1 N–H and O–H groups in total. The fraction of sp³-hybridized carbons (Fsp3) is 0.0526. The summed E-state index contributed by atoms with van der Waals surface area (Å²) in [5, 5.41) is 14.6. The maximum absolute atomic E-state index is 12.6. The summed E-state index contributed by atoms with van der Waals surface area (Å²) < 4.78 is 0. The van der Waals surface area contributed by atoms with Crippen LogP contribution >= 0.6 is 24.0 Å². The summed E-state index contributed by atoms with van der Waals surface area (Å²) in [5.74, 6) is -1.25. The van der Waals surface area contributed by atoms with Crippen molar-refractivity contribution in [3.05, 3.63) is 76.5 Å². The lowest BCUT2D eigenvalue weighted by Gasteiger charge is -2.27. The molecule has 146 valence electrons. The average Bonchev–Trinajstić information content (AvgIpc) is 2.70. The molecular formula is C19H14N4O4S2. The summed E-state index contributed by atoms with van der Waals surface area (Å²) in [7, 11) is 0. The first-order chi connectivity index (χ1) is 13.9. The molecule has 0 saturated carbocycles. The third-order valence-electron chi connectivity index (χ3n) is 3.84. The standard InChI is InChI=1S/C19H14N4O4S2/c1-2-9-22-18(25)13(17(24)21-19(22)28)10-12-6-7-15(14(11-12)23(26)27)29-16-5-3-4-8-20-16/h2-8,10-11H,1,9H2,(H,21,24,28). The van der Waals surface area contributed by atoms with Gasteiger partial charge in [-0.2, -0.15) is 0 Å². The van der Waals surface area contributed by atoms with Crippen molar-refractivity contribution < 1.29 is 14.5 Å². The topological polar surface area (TPSA) is 105 Å². The number of aromatic nitrogens is 1. The van der Waals surface area contributed by atoms with Gasteiger partial charge >= 0.3 is 0 Å². The predicted molar refractivity (Wildman–Crippen MR) is 112 cm³/mol. The minimum atomic E-state index is -0.657. The lowest BCUT2D eigenvalue weighted by molar-refractivity contribution is -0.387. The summed E-state index contributed by atoms with van der Waals surface area (Å²) >= 11 is 6.15. The maximum Gasteiger partial charge on any atom is 0.283 e. The van der Waals surface area contributed by atoms with Gasteiger partial charge in [-0.05, 0) is 42.1 Å². The van der Waals surface area contributed by atoms with Crippen LogP contribution in [0.2, 0.25) is 0 Å². The Labute approximate surface area is 175 Å². The summed E-state index contributed by atoms with van der Waals surface area (Å²) in [6.45, 7) is 3.69. The van der Waals surface area contributed by atoms with E-state index in [-0.39, 0.29) is 22.9 Å². The molecule has 3 rings (SSSR count). The molecule has 1 aromatic heterocycles. The third-order valence-corrected chi connectivity index (χ3v) is 5.18.